The van der Waals surface area contributed by atoms with E-state index >= 15 is 0 Å². The molecule has 31 heavy (non-hydrogen) atoms. The van der Waals surface area contributed by atoms with Gasteiger partial charge in [0.25, 0.3) is 11.8 Å². The average Bonchev–Trinajstić information content (AvgIpc) is 3.54. The predicted octanol–water partition coefficient (Wildman–Crippen LogP) is 6.02. The van der Waals surface area contributed by atoms with Crippen LogP contribution in [0.3, 0.4) is 0 Å². The lowest BCUT2D eigenvalue weighted by Crippen LogP contribution is -2.11. The van der Waals surface area contributed by atoms with Crippen LogP contribution < -0.4 is 10.6 Å². The van der Waals surface area contributed by atoms with Crippen molar-refractivity contribution in [2.45, 2.75) is 6.92 Å². The molecule has 0 unspecified atom stereocenters. The Balaban J connectivity index is 1.30. The molecule has 0 aliphatic rings. The van der Waals surface area contributed by atoms with Crippen molar-refractivity contribution in [1.29, 1.82) is 0 Å². The first kappa shape index (κ1) is 19.3. The Morgan fingerprint density at radius 1 is 1.03 bits per heavy atom. The number of thiophene rings is 1. The van der Waals surface area contributed by atoms with E-state index in [-0.39, 0.29) is 17.6 Å². The van der Waals surface area contributed by atoms with Crippen molar-refractivity contribution >= 4 is 55.6 Å². The third-order valence-corrected chi connectivity index (χ3v) is 6.42. The maximum absolute atomic E-state index is 12.8. The van der Waals surface area contributed by atoms with Gasteiger partial charge in [-0.1, -0.05) is 18.2 Å². The molecule has 2 N–H and O–H groups in total. The van der Waals surface area contributed by atoms with Gasteiger partial charge in [-0.25, -0.2) is 4.98 Å². The lowest BCUT2D eigenvalue weighted by molar-refractivity contribution is 0.0995. The Morgan fingerprint density at radius 2 is 1.90 bits per heavy atom. The number of aromatic nitrogens is 1. The molecule has 4 heterocycles. The second-order valence-electron chi connectivity index (χ2n) is 6.69. The first-order valence-corrected chi connectivity index (χ1v) is 11.0. The summed E-state index contributed by atoms with van der Waals surface area (Å²) in [4.78, 5) is 29.9. The first-order valence-electron chi connectivity index (χ1n) is 9.28. The van der Waals surface area contributed by atoms with Crippen LogP contribution in [0.15, 0.2) is 69.0 Å². The van der Waals surface area contributed by atoms with Crippen molar-refractivity contribution in [3.05, 3.63) is 76.4 Å². The molecule has 4 aromatic heterocycles. The van der Waals surface area contributed by atoms with Crippen molar-refractivity contribution in [3.8, 4) is 11.5 Å². The SMILES string of the molecule is Cc1cc(NC(=O)c2ccco2)sc1C(=O)Nc1nc(-c2cc3ccccc3o2)cs1. The van der Waals surface area contributed by atoms with Crippen LogP contribution in [-0.4, -0.2) is 16.8 Å². The molecule has 154 valence electrons. The molecule has 0 saturated carbocycles. The average molecular weight is 450 g/mol. The number of para-hydroxylation sites is 1. The van der Waals surface area contributed by atoms with E-state index in [0.717, 1.165) is 16.5 Å². The van der Waals surface area contributed by atoms with E-state index < -0.39 is 0 Å². The van der Waals surface area contributed by atoms with Gasteiger partial charge in [0.15, 0.2) is 16.7 Å². The highest BCUT2D eigenvalue weighted by atomic mass is 32.1. The monoisotopic (exact) mass is 449 g/mol. The van der Waals surface area contributed by atoms with Crippen molar-refractivity contribution in [1.82, 2.24) is 4.98 Å². The lowest BCUT2D eigenvalue weighted by Gasteiger charge is -2.00. The van der Waals surface area contributed by atoms with Crippen LogP contribution in [0.4, 0.5) is 10.1 Å². The topological polar surface area (TPSA) is 97.4 Å². The molecule has 5 aromatic rings. The standard InChI is InChI=1S/C22H15N3O4S2/c1-12-9-18(24-20(26)16-7-4-8-28-16)31-19(12)21(27)25-22-23-14(11-30-22)17-10-13-5-2-3-6-15(13)29-17/h2-11H,1H3,(H,24,26)(H,23,25,27). The normalized spacial score (nSPS) is 11.0. The van der Waals surface area contributed by atoms with Gasteiger partial charge in [-0.2, -0.15) is 0 Å². The van der Waals surface area contributed by atoms with Crippen LogP contribution in [0.1, 0.15) is 25.8 Å². The highest BCUT2D eigenvalue weighted by Crippen LogP contribution is 2.32. The minimum absolute atomic E-state index is 0.206. The summed E-state index contributed by atoms with van der Waals surface area (Å²) in [6.07, 6.45) is 1.43. The van der Waals surface area contributed by atoms with Gasteiger partial charge in [0, 0.05) is 10.8 Å². The Bertz CT molecular complexity index is 1360. The van der Waals surface area contributed by atoms with Gasteiger partial charge >= 0.3 is 0 Å². The molecule has 2 amide bonds. The zero-order valence-electron chi connectivity index (χ0n) is 16.2. The van der Waals surface area contributed by atoms with Gasteiger partial charge in [0.1, 0.15) is 11.3 Å². The molecule has 9 heteroatoms. The molecule has 5 rings (SSSR count). The van der Waals surface area contributed by atoms with Crippen LogP contribution in [0.5, 0.6) is 0 Å². The fraction of sp³-hybridized carbons (Fsp3) is 0.0455. The number of furan rings is 2. The maximum Gasteiger partial charge on any atom is 0.291 e. The highest BCUT2D eigenvalue weighted by Gasteiger charge is 2.18. The zero-order chi connectivity index (χ0) is 21.4. The molecule has 0 radical (unpaired) electrons. The third kappa shape index (κ3) is 3.88. The molecule has 1 aromatic carbocycles. The van der Waals surface area contributed by atoms with E-state index in [1.807, 2.05) is 42.6 Å². The van der Waals surface area contributed by atoms with E-state index in [4.69, 9.17) is 8.83 Å². The summed E-state index contributed by atoms with van der Waals surface area (Å²) in [6.45, 7) is 1.82. The fourth-order valence-electron chi connectivity index (χ4n) is 3.06. The number of carbonyl (C=O) groups is 2. The van der Waals surface area contributed by atoms with Crippen LogP contribution in [0.25, 0.3) is 22.4 Å². The third-order valence-electron chi connectivity index (χ3n) is 4.51. The van der Waals surface area contributed by atoms with Gasteiger partial charge in [-0.15, -0.1) is 22.7 Å². The molecule has 0 spiro atoms. The minimum Gasteiger partial charge on any atom is -0.459 e. The first-order chi connectivity index (χ1) is 15.1. The van der Waals surface area contributed by atoms with Gasteiger partial charge in [0.2, 0.25) is 0 Å². The Labute approximate surface area is 184 Å². The van der Waals surface area contributed by atoms with E-state index in [2.05, 4.69) is 15.6 Å². The number of nitrogens with zero attached hydrogens (tertiary/aromatic N) is 1. The Hall–Kier alpha value is -3.69. The van der Waals surface area contributed by atoms with E-state index in [1.54, 1.807) is 18.2 Å². The van der Waals surface area contributed by atoms with Crippen molar-refractivity contribution < 1.29 is 18.4 Å². The van der Waals surface area contributed by atoms with E-state index in [1.165, 1.54) is 28.9 Å². The summed E-state index contributed by atoms with van der Waals surface area (Å²) < 4.78 is 10.9. The molecule has 7 nitrogen and oxygen atoms in total. The minimum atomic E-state index is -0.367. The number of hydrogen-bond donors (Lipinski definition) is 2. The number of aryl methyl sites for hydroxylation is 1. The van der Waals surface area contributed by atoms with Crippen LogP contribution >= 0.6 is 22.7 Å². The molecule has 0 fully saturated rings. The summed E-state index contributed by atoms with van der Waals surface area (Å²) in [5.41, 5.74) is 2.20. The predicted molar refractivity (Wildman–Crippen MR) is 121 cm³/mol. The zero-order valence-corrected chi connectivity index (χ0v) is 17.8. The number of benzene rings is 1. The van der Waals surface area contributed by atoms with Gasteiger partial charge in [-0.3, -0.25) is 14.9 Å². The number of fused-ring (bicyclic) bond motifs is 1. The number of nitrogens with one attached hydrogen (secondary N) is 2. The Morgan fingerprint density at radius 3 is 2.71 bits per heavy atom. The van der Waals surface area contributed by atoms with Crippen molar-refractivity contribution in [3.63, 3.8) is 0 Å². The number of hydrogen-bond acceptors (Lipinski definition) is 7. The van der Waals surface area contributed by atoms with Crippen LogP contribution in [0.2, 0.25) is 0 Å². The quantitative estimate of drug-likeness (QED) is 0.342. The fourth-order valence-corrected chi connectivity index (χ4v) is 4.71. The number of amides is 2. The molecule has 0 bridgehead atoms. The van der Waals surface area contributed by atoms with E-state index in [9.17, 15) is 9.59 Å². The summed E-state index contributed by atoms with van der Waals surface area (Å²) in [7, 11) is 0. The molecule has 0 atom stereocenters. The number of carbonyl (C=O) groups excluding carboxylic acids is 2. The number of rotatable bonds is 5. The van der Waals surface area contributed by atoms with Crippen molar-refractivity contribution in [2.24, 2.45) is 0 Å². The lowest BCUT2D eigenvalue weighted by atomic mass is 10.2. The van der Waals surface area contributed by atoms with Gasteiger partial charge < -0.3 is 14.2 Å². The summed E-state index contributed by atoms with van der Waals surface area (Å²) in [6, 6.07) is 14.6. The van der Waals surface area contributed by atoms with Gasteiger partial charge in [-0.05, 0) is 42.8 Å². The Kier molecular flexibility index (Phi) is 4.89. The molecular formula is C22H15N3O4S2. The smallest absolute Gasteiger partial charge is 0.291 e. The largest absolute Gasteiger partial charge is 0.459 e. The van der Waals surface area contributed by atoms with E-state index in [0.29, 0.717) is 26.5 Å². The molecule has 0 saturated heterocycles. The molecule has 0 aliphatic carbocycles. The summed E-state index contributed by atoms with van der Waals surface area (Å²) >= 11 is 2.51. The van der Waals surface area contributed by atoms with Gasteiger partial charge in [0.05, 0.1) is 16.1 Å². The molecular weight excluding hydrogens is 434 g/mol. The molecule has 0 aliphatic heterocycles. The van der Waals surface area contributed by atoms with Crippen LogP contribution in [0, 0.1) is 6.92 Å². The summed E-state index contributed by atoms with van der Waals surface area (Å²) in [5, 5.41) is 9.43. The van der Waals surface area contributed by atoms with Crippen molar-refractivity contribution in [2.75, 3.05) is 10.6 Å². The number of anilines is 2. The second-order valence-corrected chi connectivity index (χ2v) is 8.61. The summed E-state index contributed by atoms with van der Waals surface area (Å²) in [5.74, 6) is 0.200. The highest BCUT2D eigenvalue weighted by molar-refractivity contribution is 7.18. The second kappa shape index (κ2) is 7.86. The van der Waals surface area contributed by atoms with Crippen LogP contribution in [-0.2, 0) is 0 Å². The maximum atomic E-state index is 12.8. The number of thiazole rings is 1.